The molecule has 0 saturated carbocycles. The zero-order chi connectivity index (χ0) is 22.3. The summed E-state index contributed by atoms with van der Waals surface area (Å²) in [5, 5.41) is 6.63. The van der Waals surface area contributed by atoms with Gasteiger partial charge in [0.25, 0.3) is 5.56 Å². The van der Waals surface area contributed by atoms with E-state index in [1.54, 1.807) is 24.3 Å². The Kier molecular flexibility index (Phi) is 6.46. The first kappa shape index (κ1) is 21.1. The first-order valence-corrected chi connectivity index (χ1v) is 10.5. The third-order valence-corrected chi connectivity index (χ3v) is 5.22. The van der Waals surface area contributed by atoms with Gasteiger partial charge < -0.3 is 10.6 Å². The molecule has 0 spiro atoms. The Bertz CT molecular complexity index is 1330. The quantitative estimate of drug-likeness (QED) is 0.401. The van der Waals surface area contributed by atoms with Gasteiger partial charge in [-0.1, -0.05) is 42.5 Å². The largest absolute Gasteiger partial charge is 0.385 e. The number of hydrogen-bond donors (Lipinski definition) is 3. The Hall–Kier alpha value is -4.13. The van der Waals surface area contributed by atoms with E-state index >= 15 is 0 Å². The lowest BCUT2D eigenvalue weighted by molar-refractivity contribution is -0.116. The number of aromatic nitrogens is 2. The number of aryl methyl sites for hydroxylation is 1. The molecule has 0 bridgehead atoms. The number of nitrogens with one attached hydrogen (secondary N) is 3. The van der Waals surface area contributed by atoms with Crippen LogP contribution in [0.1, 0.15) is 12.0 Å². The van der Waals surface area contributed by atoms with E-state index in [4.69, 9.17) is 0 Å². The van der Waals surface area contributed by atoms with E-state index in [0.29, 0.717) is 16.6 Å². The standard InChI is InChI=1S/C25H24N4O3/c30-23(15-17-29-22-9-5-4-8-21(22)24(31)28-25(29)32)27-20-12-10-19(11-13-20)26-16-14-18-6-2-1-3-7-18/h1-13,26H,14-17H2,(H,27,30)(H,28,31,32). The molecule has 0 aliphatic rings. The van der Waals surface area contributed by atoms with Crippen molar-refractivity contribution >= 4 is 28.2 Å². The normalized spacial score (nSPS) is 10.8. The van der Waals surface area contributed by atoms with E-state index in [9.17, 15) is 14.4 Å². The molecule has 162 valence electrons. The first-order chi connectivity index (χ1) is 15.6. The van der Waals surface area contributed by atoms with E-state index in [0.717, 1.165) is 18.7 Å². The molecular weight excluding hydrogens is 404 g/mol. The summed E-state index contributed by atoms with van der Waals surface area (Å²) < 4.78 is 1.41. The van der Waals surface area contributed by atoms with Gasteiger partial charge in [-0.15, -0.1) is 0 Å². The molecule has 3 N–H and O–H groups in total. The van der Waals surface area contributed by atoms with Crippen LogP contribution >= 0.6 is 0 Å². The van der Waals surface area contributed by atoms with Gasteiger partial charge in [0, 0.05) is 30.9 Å². The number of hydrogen-bond acceptors (Lipinski definition) is 4. The van der Waals surface area contributed by atoms with Gasteiger partial charge in [0.1, 0.15) is 0 Å². The minimum Gasteiger partial charge on any atom is -0.385 e. The van der Waals surface area contributed by atoms with Crippen molar-refractivity contribution in [3.05, 3.63) is 105 Å². The number of anilines is 2. The SMILES string of the molecule is O=C(CCn1c(=O)[nH]c(=O)c2ccccc21)Nc1ccc(NCCc2ccccc2)cc1. The topological polar surface area (TPSA) is 96.0 Å². The molecule has 0 radical (unpaired) electrons. The molecule has 1 aromatic heterocycles. The molecule has 7 nitrogen and oxygen atoms in total. The average molecular weight is 428 g/mol. The minimum atomic E-state index is -0.521. The van der Waals surface area contributed by atoms with E-state index in [-0.39, 0.29) is 18.9 Å². The molecular formula is C25H24N4O3. The highest BCUT2D eigenvalue weighted by molar-refractivity contribution is 5.91. The van der Waals surface area contributed by atoms with Gasteiger partial charge in [0.05, 0.1) is 10.9 Å². The number of rotatable bonds is 8. The van der Waals surface area contributed by atoms with Gasteiger partial charge >= 0.3 is 5.69 Å². The summed E-state index contributed by atoms with van der Waals surface area (Å²) in [5.41, 5.74) is 2.50. The Morgan fingerprint density at radius 1 is 0.844 bits per heavy atom. The maximum atomic E-state index is 12.4. The molecule has 0 fully saturated rings. The highest BCUT2D eigenvalue weighted by atomic mass is 16.2. The number of benzene rings is 3. The predicted molar refractivity (Wildman–Crippen MR) is 127 cm³/mol. The molecule has 0 aliphatic heterocycles. The van der Waals surface area contributed by atoms with Gasteiger partial charge in [0.15, 0.2) is 0 Å². The number of carbonyl (C=O) groups is 1. The highest BCUT2D eigenvalue weighted by Crippen LogP contribution is 2.14. The molecule has 32 heavy (non-hydrogen) atoms. The van der Waals surface area contributed by atoms with Crippen molar-refractivity contribution in [2.75, 3.05) is 17.2 Å². The van der Waals surface area contributed by atoms with Gasteiger partial charge in [-0.3, -0.25) is 19.1 Å². The number of carbonyl (C=O) groups excluding carboxylic acids is 1. The van der Waals surface area contributed by atoms with Crippen molar-refractivity contribution in [2.45, 2.75) is 19.4 Å². The fraction of sp³-hybridized carbons (Fsp3) is 0.160. The van der Waals surface area contributed by atoms with Gasteiger partial charge in [0.2, 0.25) is 5.91 Å². The zero-order valence-electron chi connectivity index (χ0n) is 17.5. The van der Waals surface area contributed by atoms with Gasteiger partial charge in [-0.25, -0.2) is 4.79 Å². The number of nitrogens with zero attached hydrogens (tertiary/aromatic N) is 1. The lowest BCUT2D eigenvalue weighted by Crippen LogP contribution is -2.31. The zero-order valence-corrected chi connectivity index (χ0v) is 17.5. The molecule has 1 amide bonds. The second-order valence-electron chi connectivity index (χ2n) is 7.47. The Labute approximate surface area is 184 Å². The van der Waals surface area contributed by atoms with Crippen molar-refractivity contribution in [1.82, 2.24) is 9.55 Å². The third kappa shape index (κ3) is 5.13. The lowest BCUT2D eigenvalue weighted by Gasteiger charge is -2.11. The van der Waals surface area contributed by atoms with Gasteiger partial charge in [-0.05, 0) is 48.4 Å². The van der Waals surface area contributed by atoms with Crippen molar-refractivity contribution in [2.24, 2.45) is 0 Å². The molecule has 7 heteroatoms. The Morgan fingerprint density at radius 2 is 1.53 bits per heavy atom. The second kappa shape index (κ2) is 9.78. The highest BCUT2D eigenvalue weighted by Gasteiger charge is 2.09. The van der Waals surface area contributed by atoms with Crippen LogP contribution in [0.25, 0.3) is 10.9 Å². The first-order valence-electron chi connectivity index (χ1n) is 10.5. The summed E-state index contributed by atoms with van der Waals surface area (Å²) in [4.78, 5) is 38.9. The van der Waals surface area contributed by atoms with Crippen molar-refractivity contribution in [3.8, 4) is 0 Å². The van der Waals surface area contributed by atoms with Crippen LogP contribution in [0.4, 0.5) is 11.4 Å². The third-order valence-electron chi connectivity index (χ3n) is 5.22. The smallest absolute Gasteiger partial charge is 0.328 e. The molecule has 0 unspecified atom stereocenters. The molecule has 4 rings (SSSR count). The minimum absolute atomic E-state index is 0.104. The summed E-state index contributed by atoms with van der Waals surface area (Å²) in [5.74, 6) is -0.211. The monoisotopic (exact) mass is 428 g/mol. The van der Waals surface area contributed by atoms with E-state index in [2.05, 4.69) is 27.8 Å². The number of amides is 1. The maximum Gasteiger partial charge on any atom is 0.328 e. The lowest BCUT2D eigenvalue weighted by atomic mass is 10.1. The summed E-state index contributed by atoms with van der Waals surface area (Å²) in [6.07, 6.45) is 1.03. The number of aromatic amines is 1. The summed E-state index contributed by atoms with van der Waals surface area (Å²) in [6.45, 7) is 0.985. The van der Waals surface area contributed by atoms with Crippen LogP contribution in [0.15, 0.2) is 88.5 Å². The molecule has 0 aliphatic carbocycles. The Balaban J connectivity index is 1.31. The van der Waals surface area contributed by atoms with E-state index in [1.807, 2.05) is 42.5 Å². The molecule has 3 aromatic carbocycles. The van der Waals surface area contributed by atoms with Crippen LogP contribution in [0.3, 0.4) is 0 Å². The molecule has 4 aromatic rings. The number of para-hydroxylation sites is 1. The summed E-state index contributed by atoms with van der Waals surface area (Å²) >= 11 is 0. The molecule has 0 saturated heterocycles. The summed E-state index contributed by atoms with van der Waals surface area (Å²) in [6, 6.07) is 24.6. The molecule has 1 heterocycles. The average Bonchev–Trinajstić information content (AvgIpc) is 2.81. The van der Waals surface area contributed by atoms with Crippen molar-refractivity contribution < 1.29 is 4.79 Å². The Morgan fingerprint density at radius 3 is 2.31 bits per heavy atom. The summed E-state index contributed by atoms with van der Waals surface area (Å²) in [7, 11) is 0. The van der Waals surface area contributed by atoms with Crippen molar-refractivity contribution in [3.63, 3.8) is 0 Å². The van der Waals surface area contributed by atoms with Crippen LogP contribution in [0, 0.1) is 0 Å². The van der Waals surface area contributed by atoms with E-state index < -0.39 is 11.2 Å². The van der Waals surface area contributed by atoms with Crippen LogP contribution in [-0.2, 0) is 17.8 Å². The predicted octanol–water partition coefficient (Wildman–Crippen LogP) is 3.37. The second-order valence-corrected chi connectivity index (χ2v) is 7.47. The maximum absolute atomic E-state index is 12.4. The van der Waals surface area contributed by atoms with Crippen LogP contribution in [-0.4, -0.2) is 22.0 Å². The van der Waals surface area contributed by atoms with Gasteiger partial charge in [-0.2, -0.15) is 0 Å². The fourth-order valence-electron chi connectivity index (χ4n) is 3.57. The van der Waals surface area contributed by atoms with Crippen LogP contribution in [0.2, 0.25) is 0 Å². The number of fused-ring (bicyclic) bond motifs is 1. The van der Waals surface area contributed by atoms with Crippen LogP contribution in [0.5, 0.6) is 0 Å². The molecule has 0 atom stereocenters. The van der Waals surface area contributed by atoms with E-state index in [1.165, 1.54) is 10.1 Å². The van der Waals surface area contributed by atoms with Crippen molar-refractivity contribution in [1.29, 1.82) is 0 Å². The van der Waals surface area contributed by atoms with Crippen LogP contribution < -0.4 is 21.9 Å². The fourth-order valence-corrected chi connectivity index (χ4v) is 3.57. The number of H-pyrrole nitrogens is 1.